The van der Waals surface area contributed by atoms with Gasteiger partial charge >= 0.3 is 12.1 Å². The third kappa shape index (κ3) is 4.56. The van der Waals surface area contributed by atoms with Crippen LogP contribution in [0.2, 0.25) is 0 Å². The molecule has 0 bridgehead atoms. The van der Waals surface area contributed by atoms with Gasteiger partial charge in [-0.05, 0) is 31.0 Å². The van der Waals surface area contributed by atoms with Crippen molar-refractivity contribution in [2.75, 3.05) is 13.2 Å². The molecular formula is C18H17F3N4O3. The summed E-state index contributed by atoms with van der Waals surface area (Å²) in [6.45, 7) is 2.60. The minimum atomic E-state index is -4.42. The van der Waals surface area contributed by atoms with Crippen LogP contribution in [0.15, 0.2) is 30.7 Å². The van der Waals surface area contributed by atoms with E-state index in [2.05, 4.69) is 19.8 Å². The Hall–Kier alpha value is -3.17. The average molecular weight is 394 g/mol. The molecule has 0 spiro atoms. The van der Waals surface area contributed by atoms with Crippen LogP contribution in [0.5, 0.6) is 5.88 Å². The number of carbonyl (C=O) groups excluding carboxylic acids is 1. The summed E-state index contributed by atoms with van der Waals surface area (Å²) in [7, 11) is 0. The lowest BCUT2D eigenvalue weighted by Crippen LogP contribution is -2.19. The van der Waals surface area contributed by atoms with Gasteiger partial charge in [-0.3, -0.25) is 4.68 Å². The van der Waals surface area contributed by atoms with E-state index in [1.807, 2.05) is 0 Å². The first-order valence-electron chi connectivity index (χ1n) is 8.41. The molecular weight excluding hydrogens is 377 g/mol. The predicted octanol–water partition coefficient (Wildman–Crippen LogP) is 3.30. The third-order valence-corrected chi connectivity index (χ3v) is 3.86. The van der Waals surface area contributed by atoms with Crippen molar-refractivity contribution >= 4 is 16.9 Å². The highest BCUT2D eigenvalue weighted by Gasteiger charge is 2.28. The zero-order valence-corrected chi connectivity index (χ0v) is 15.2. The van der Waals surface area contributed by atoms with Gasteiger partial charge in [0.1, 0.15) is 0 Å². The van der Waals surface area contributed by atoms with Crippen molar-refractivity contribution in [2.24, 2.45) is 0 Å². The lowest BCUT2D eigenvalue weighted by molar-refractivity contribution is -0.154. The molecule has 0 saturated heterocycles. The molecule has 0 aliphatic rings. The Morgan fingerprint density at radius 3 is 2.75 bits per heavy atom. The number of halogens is 3. The summed E-state index contributed by atoms with van der Waals surface area (Å²) in [5, 5.41) is 4.96. The highest BCUT2D eigenvalue weighted by atomic mass is 19.4. The fraction of sp³-hybridized carbons (Fsp3) is 0.333. The van der Waals surface area contributed by atoms with Gasteiger partial charge in [-0.2, -0.15) is 18.3 Å². The van der Waals surface area contributed by atoms with Crippen LogP contribution in [0.25, 0.3) is 10.9 Å². The minimum absolute atomic E-state index is 0.0991. The Balaban J connectivity index is 1.81. The number of fused-ring (bicyclic) bond motifs is 1. The number of hydrogen-bond acceptors (Lipinski definition) is 6. The van der Waals surface area contributed by atoms with Crippen LogP contribution >= 0.6 is 0 Å². The predicted molar refractivity (Wildman–Crippen MR) is 93.1 cm³/mol. The molecule has 0 unspecified atom stereocenters. The largest absolute Gasteiger partial charge is 0.468 e. The second kappa shape index (κ2) is 7.83. The van der Waals surface area contributed by atoms with Crippen LogP contribution in [-0.2, 0) is 11.3 Å². The van der Waals surface area contributed by atoms with E-state index in [1.165, 1.54) is 18.5 Å². The maximum absolute atomic E-state index is 12.2. The number of ether oxygens (including phenoxy) is 2. The Morgan fingerprint density at radius 2 is 2.07 bits per heavy atom. The Bertz CT molecular complexity index is 1000. The Kier molecular flexibility index (Phi) is 5.48. The zero-order chi connectivity index (χ0) is 20.3. The quantitative estimate of drug-likeness (QED) is 0.597. The summed E-state index contributed by atoms with van der Waals surface area (Å²) >= 11 is 0. The van der Waals surface area contributed by atoms with Gasteiger partial charge < -0.3 is 9.47 Å². The molecule has 0 N–H and O–H groups in total. The van der Waals surface area contributed by atoms with Crippen molar-refractivity contribution in [2.45, 2.75) is 26.6 Å². The number of esters is 1. The lowest BCUT2D eigenvalue weighted by atomic mass is 10.1. The molecule has 28 heavy (non-hydrogen) atoms. The molecule has 148 valence electrons. The first-order chi connectivity index (χ1) is 13.3. The molecule has 3 heterocycles. The van der Waals surface area contributed by atoms with Crippen molar-refractivity contribution in [1.82, 2.24) is 19.7 Å². The second-order valence-electron chi connectivity index (χ2n) is 5.99. The summed E-state index contributed by atoms with van der Waals surface area (Å²) in [4.78, 5) is 20.0. The van der Waals surface area contributed by atoms with E-state index in [9.17, 15) is 18.0 Å². The van der Waals surface area contributed by atoms with Gasteiger partial charge in [0, 0.05) is 24.7 Å². The molecule has 0 aliphatic heterocycles. The maximum atomic E-state index is 12.2. The number of carbonyl (C=O) groups is 1. The Labute approximate surface area is 158 Å². The molecule has 10 heteroatoms. The van der Waals surface area contributed by atoms with E-state index in [-0.39, 0.29) is 18.2 Å². The van der Waals surface area contributed by atoms with Crippen molar-refractivity contribution in [1.29, 1.82) is 0 Å². The first-order valence-corrected chi connectivity index (χ1v) is 8.41. The molecule has 7 nitrogen and oxygen atoms in total. The van der Waals surface area contributed by atoms with Crippen molar-refractivity contribution < 1.29 is 27.4 Å². The third-order valence-electron chi connectivity index (χ3n) is 3.86. The summed E-state index contributed by atoms with van der Waals surface area (Å²) in [5.74, 6) is -0.630. The van der Waals surface area contributed by atoms with Crippen molar-refractivity contribution in [3.05, 3.63) is 47.5 Å². The number of nitrogens with zero attached hydrogens (tertiary/aromatic N) is 4. The van der Waals surface area contributed by atoms with E-state index in [0.717, 1.165) is 5.56 Å². The number of pyridine rings is 2. The van der Waals surface area contributed by atoms with Gasteiger partial charge in [-0.25, -0.2) is 14.8 Å². The number of aryl methyl sites for hydroxylation is 1. The fourth-order valence-electron chi connectivity index (χ4n) is 2.57. The number of aromatic nitrogens is 4. The molecule has 0 saturated carbocycles. The molecule has 0 amide bonds. The summed E-state index contributed by atoms with van der Waals surface area (Å²) < 4.78 is 48.0. The van der Waals surface area contributed by atoms with Gasteiger partial charge in [-0.15, -0.1) is 0 Å². The molecule has 0 atom stereocenters. The minimum Gasteiger partial charge on any atom is -0.468 e. The van der Waals surface area contributed by atoms with E-state index < -0.39 is 18.8 Å². The van der Waals surface area contributed by atoms with E-state index >= 15 is 0 Å². The monoisotopic (exact) mass is 394 g/mol. The summed E-state index contributed by atoms with van der Waals surface area (Å²) in [6, 6.07) is 3.11. The number of alkyl halides is 3. The van der Waals surface area contributed by atoms with Crippen LogP contribution in [-0.4, -0.2) is 45.1 Å². The highest BCUT2D eigenvalue weighted by molar-refractivity contribution is 6.01. The smallest absolute Gasteiger partial charge is 0.422 e. The SMILES string of the molecule is CCOC(=O)c1nccc2nn(Cc3cnc(OCC(F)(F)F)cc3C)cc12. The highest BCUT2D eigenvalue weighted by Crippen LogP contribution is 2.21. The molecule has 0 radical (unpaired) electrons. The van der Waals surface area contributed by atoms with Crippen molar-refractivity contribution in [3.63, 3.8) is 0 Å². The standard InChI is InChI=1S/C18H17F3N4O3/c1-3-27-17(26)16-13-9-25(24-14(13)4-5-22-16)8-12-7-23-15(6-11(12)2)28-10-18(19,20)21/h4-7,9H,3,8,10H2,1-2H3. The lowest BCUT2D eigenvalue weighted by Gasteiger charge is -2.11. The molecule has 0 aliphatic carbocycles. The number of hydrogen-bond donors (Lipinski definition) is 0. The fourth-order valence-corrected chi connectivity index (χ4v) is 2.57. The van der Waals surface area contributed by atoms with Crippen LogP contribution < -0.4 is 4.74 Å². The van der Waals surface area contributed by atoms with Crippen molar-refractivity contribution in [3.8, 4) is 5.88 Å². The van der Waals surface area contributed by atoms with Gasteiger partial charge in [0.05, 0.1) is 24.1 Å². The number of rotatable bonds is 6. The van der Waals surface area contributed by atoms with Crippen LogP contribution in [0.1, 0.15) is 28.5 Å². The summed E-state index contributed by atoms with van der Waals surface area (Å²) in [6.07, 6.45) is 0.166. The molecule has 0 fully saturated rings. The van der Waals surface area contributed by atoms with E-state index in [0.29, 0.717) is 23.0 Å². The second-order valence-corrected chi connectivity index (χ2v) is 5.99. The van der Waals surface area contributed by atoms with E-state index in [4.69, 9.17) is 4.74 Å². The molecule has 3 rings (SSSR count). The van der Waals surface area contributed by atoms with Crippen LogP contribution in [0.4, 0.5) is 13.2 Å². The van der Waals surface area contributed by atoms with Crippen LogP contribution in [0, 0.1) is 6.92 Å². The normalized spacial score (nSPS) is 11.6. The molecule has 3 aromatic rings. The maximum Gasteiger partial charge on any atom is 0.422 e. The zero-order valence-electron chi connectivity index (χ0n) is 15.2. The van der Waals surface area contributed by atoms with Gasteiger partial charge in [0.2, 0.25) is 5.88 Å². The molecule has 3 aromatic heterocycles. The average Bonchev–Trinajstić information content (AvgIpc) is 3.04. The first kappa shape index (κ1) is 19.6. The van der Waals surface area contributed by atoms with Gasteiger partial charge in [-0.1, -0.05) is 0 Å². The van der Waals surface area contributed by atoms with Crippen LogP contribution in [0.3, 0.4) is 0 Å². The van der Waals surface area contributed by atoms with Gasteiger partial charge in [0.25, 0.3) is 0 Å². The van der Waals surface area contributed by atoms with Gasteiger partial charge in [0.15, 0.2) is 12.3 Å². The summed E-state index contributed by atoms with van der Waals surface area (Å²) in [5.41, 5.74) is 2.21. The van der Waals surface area contributed by atoms with E-state index in [1.54, 1.807) is 30.8 Å². The Morgan fingerprint density at radius 1 is 1.29 bits per heavy atom. The topological polar surface area (TPSA) is 79.1 Å². The molecule has 0 aromatic carbocycles.